The van der Waals surface area contributed by atoms with Crippen molar-refractivity contribution in [3.63, 3.8) is 0 Å². The molecule has 0 aromatic carbocycles. The van der Waals surface area contributed by atoms with E-state index >= 15 is 0 Å². The smallest absolute Gasteiger partial charge is 0.214 e. The van der Waals surface area contributed by atoms with E-state index in [0.717, 1.165) is 12.3 Å². The third kappa shape index (κ3) is 4.32. The first kappa shape index (κ1) is 16.1. The third-order valence-electron chi connectivity index (χ3n) is 4.58. The maximum Gasteiger partial charge on any atom is 0.214 e. The van der Waals surface area contributed by atoms with Crippen LogP contribution in [-0.2, 0) is 30.6 Å². The van der Waals surface area contributed by atoms with Crippen molar-refractivity contribution in [2.24, 2.45) is 11.7 Å². The molecule has 0 unspecified atom stereocenters. The molecule has 118 valence electrons. The van der Waals surface area contributed by atoms with Gasteiger partial charge in [-0.2, -0.15) is 5.10 Å². The molecule has 0 radical (unpaired) electrons. The van der Waals surface area contributed by atoms with Gasteiger partial charge in [-0.3, -0.25) is 9.48 Å². The summed E-state index contributed by atoms with van der Waals surface area (Å²) in [4.78, 5) is 9.22. The van der Waals surface area contributed by atoms with Crippen molar-refractivity contribution in [3.8, 4) is 0 Å². The zero-order valence-corrected chi connectivity index (χ0v) is 13.5. The number of rotatable bonds is 3. The second-order valence-electron chi connectivity index (χ2n) is 6.38. The molecular weight excluding hydrogens is 262 g/mol. The Morgan fingerprint density at radius 2 is 1.90 bits per heavy atom. The highest BCUT2D eigenvalue weighted by Gasteiger charge is 2.23. The van der Waals surface area contributed by atoms with E-state index in [2.05, 4.69) is 17.3 Å². The van der Waals surface area contributed by atoms with Gasteiger partial charge in [0.1, 0.15) is 0 Å². The number of carbonyl (C=O) groups is 1. The van der Waals surface area contributed by atoms with Gasteiger partial charge in [-0.1, -0.05) is 26.2 Å². The molecule has 2 aliphatic rings. The Labute approximate surface area is 128 Å². The predicted octanol–water partition coefficient (Wildman–Crippen LogP) is 3.01. The van der Waals surface area contributed by atoms with Crippen LogP contribution in [0.15, 0.2) is 0 Å². The van der Waals surface area contributed by atoms with E-state index in [1.54, 1.807) is 11.3 Å². The molecule has 4 nitrogen and oxygen atoms in total. The van der Waals surface area contributed by atoms with Crippen LogP contribution in [0.1, 0.15) is 69.3 Å². The van der Waals surface area contributed by atoms with Gasteiger partial charge in [0.2, 0.25) is 5.91 Å². The number of aromatic nitrogens is 2. The molecule has 21 heavy (non-hydrogen) atoms. The lowest BCUT2D eigenvalue weighted by Gasteiger charge is -2.22. The van der Waals surface area contributed by atoms with E-state index in [9.17, 15) is 4.79 Å². The molecule has 2 N–H and O–H groups in total. The molecule has 1 aromatic heterocycles. The van der Waals surface area contributed by atoms with Gasteiger partial charge in [-0.05, 0) is 50.0 Å². The average molecular weight is 291 g/mol. The van der Waals surface area contributed by atoms with E-state index < -0.39 is 0 Å². The fourth-order valence-corrected chi connectivity index (χ4v) is 3.64. The summed E-state index contributed by atoms with van der Waals surface area (Å²) in [6.45, 7) is 4.74. The molecule has 1 heterocycles. The Kier molecular flexibility index (Phi) is 5.83. The number of amides is 1. The fraction of sp³-hybridized carbons (Fsp3) is 0.765. The number of aryl methyl sites for hydroxylation is 1. The monoisotopic (exact) mass is 291 g/mol. The Morgan fingerprint density at radius 3 is 2.52 bits per heavy atom. The van der Waals surface area contributed by atoms with Gasteiger partial charge < -0.3 is 5.73 Å². The average Bonchev–Trinajstić information content (AvgIpc) is 3.03. The van der Waals surface area contributed by atoms with Gasteiger partial charge in [0.15, 0.2) is 0 Å². The molecule has 1 aromatic rings. The summed E-state index contributed by atoms with van der Waals surface area (Å²) in [7, 11) is 0. The fourth-order valence-electron chi connectivity index (χ4n) is 3.64. The summed E-state index contributed by atoms with van der Waals surface area (Å²) in [5, 5.41) is 4.86. The molecule has 0 atom stereocenters. The van der Waals surface area contributed by atoms with E-state index in [0.29, 0.717) is 0 Å². The van der Waals surface area contributed by atoms with Crippen LogP contribution in [0, 0.1) is 5.92 Å². The highest BCUT2D eigenvalue weighted by molar-refractivity contribution is 5.70. The Hall–Kier alpha value is -1.32. The first-order valence-corrected chi connectivity index (χ1v) is 8.45. The number of primary amides is 1. The number of nitrogens with two attached hydrogens (primary N) is 1. The normalized spacial score (nSPS) is 18.0. The van der Waals surface area contributed by atoms with Crippen LogP contribution in [0.25, 0.3) is 0 Å². The van der Waals surface area contributed by atoms with Crippen LogP contribution in [0.3, 0.4) is 0 Å². The van der Waals surface area contributed by atoms with Crippen molar-refractivity contribution in [1.29, 1.82) is 0 Å². The summed E-state index contributed by atoms with van der Waals surface area (Å²) in [5.74, 6) is 0.568. The third-order valence-corrected chi connectivity index (χ3v) is 4.58. The van der Waals surface area contributed by atoms with Crippen molar-refractivity contribution < 1.29 is 4.79 Å². The van der Waals surface area contributed by atoms with Crippen LogP contribution >= 0.6 is 0 Å². The second kappa shape index (κ2) is 7.62. The number of hydrogen-bond donors (Lipinski definition) is 1. The van der Waals surface area contributed by atoms with Crippen LogP contribution in [0.2, 0.25) is 0 Å². The molecule has 1 fully saturated rings. The van der Waals surface area contributed by atoms with E-state index in [1.807, 2.05) is 0 Å². The van der Waals surface area contributed by atoms with Crippen molar-refractivity contribution in [2.75, 3.05) is 0 Å². The molecule has 2 aliphatic carbocycles. The molecule has 0 aliphatic heterocycles. The van der Waals surface area contributed by atoms with Crippen LogP contribution in [-0.4, -0.2) is 15.7 Å². The van der Waals surface area contributed by atoms with Crippen LogP contribution in [0.5, 0.6) is 0 Å². The molecule has 0 spiro atoms. The van der Waals surface area contributed by atoms with Crippen molar-refractivity contribution in [1.82, 2.24) is 9.78 Å². The lowest BCUT2D eigenvalue weighted by molar-refractivity contribution is -0.115. The first-order valence-electron chi connectivity index (χ1n) is 8.45. The zero-order valence-electron chi connectivity index (χ0n) is 13.5. The first-order chi connectivity index (χ1) is 10.1. The minimum atomic E-state index is -0.333. The maximum atomic E-state index is 9.22. The molecule has 0 bridgehead atoms. The number of fused-ring (bicyclic) bond motifs is 1. The van der Waals surface area contributed by atoms with Gasteiger partial charge in [-0.25, -0.2) is 0 Å². The summed E-state index contributed by atoms with van der Waals surface area (Å²) >= 11 is 0. The van der Waals surface area contributed by atoms with E-state index in [1.165, 1.54) is 70.5 Å². The van der Waals surface area contributed by atoms with Crippen molar-refractivity contribution in [3.05, 3.63) is 17.0 Å². The SMILES string of the molecule is CC(N)=O.CCc1nn(CC2CCCCC2)c2c1CCC2. The van der Waals surface area contributed by atoms with Crippen LogP contribution < -0.4 is 5.73 Å². The highest BCUT2D eigenvalue weighted by Crippen LogP contribution is 2.29. The summed E-state index contributed by atoms with van der Waals surface area (Å²) in [6.07, 6.45) is 12.2. The molecule has 0 saturated heterocycles. The maximum absolute atomic E-state index is 9.22. The summed E-state index contributed by atoms with van der Waals surface area (Å²) in [6, 6.07) is 0. The molecular formula is C17H29N3O. The van der Waals surface area contributed by atoms with E-state index in [-0.39, 0.29) is 5.91 Å². The molecule has 3 rings (SSSR count). The highest BCUT2D eigenvalue weighted by atomic mass is 16.1. The van der Waals surface area contributed by atoms with Crippen molar-refractivity contribution in [2.45, 2.75) is 78.2 Å². The van der Waals surface area contributed by atoms with E-state index in [4.69, 9.17) is 5.10 Å². The van der Waals surface area contributed by atoms with Gasteiger partial charge >= 0.3 is 0 Å². The number of carbonyl (C=O) groups excluding carboxylic acids is 1. The topological polar surface area (TPSA) is 60.9 Å². The lowest BCUT2D eigenvalue weighted by Crippen LogP contribution is -2.16. The summed E-state index contributed by atoms with van der Waals surface area (Å²) < 4.78 is 2.37. The Balaban J connectivity index is 0.000000361. The van der Waals surface area contributed by atoms with Gasteiger partial charge in [0.25, 0.3) is 0 Å². The van der Waals surface area contributed by atoms with Gasteiger partial charge in [-0.15, -0.1) is 0 Å². The molecule has 1 amide bonds. The molecule has 1 saturated carbocycles. The largest absolute Gasteiger partial charge is 0.370 e. The number of hydrogen-bond acceptors (Lipinski definition) is 2. The summed E-state index contributed by atoms with van der Waals surface area (Å²) in [5.41, 5.74) is 9.03. The number of nitrogens with zero attached hydrogens (tertiary/aromatic N) is 2. The van der Waals surface area contributed by atoms with Gasteiger partial charge in [0, 0.05) is 19.2 Å². The Bertz CT molecular complexity index is 469. The standard InChI is InChI=1S/C15H24N2.C2H5NO/c1-2-14-13-9-6-10-15(13)17(16-14)11-12-7-4-3-5-8-12;1-2(3)4/h12H,2-11H2,1H3;1H3,(H2,3,4). The Morgan fingerprint density at radius 1 is 1.24 bits per heavy atom. The lowest BCUT2D eigenvalue weighted by atomic mass is 9.89. The zero-order chi connectivity index (χ0) is 15.2. The molecule has 4 heteroatoms. The predicted molar refractivity (Wildman–Crippen MR) is 85.1 cm³/mol. The second-order valence-corrected chi connectivity index (χ2v) is 6.38. The van der Waals surface area contributed by atoms with Crippen LogP contribution in [0.4, 0.5) is 0 Å². The van der Waals surface area contributed by atoms with Crippen molar-refractivity contribution >= 4 is 5.91 Å². The van der Waals surface area contributed by atoms with Gasteiger partial charge in [0.05, 0.1) is 5.69 Å². The minimum absolute atomic E-state index is 0.333. The minimum Gasteiger partial charge on any atom is -0.370 e. The quantitative estimate of drug-likeness (QED) is 0.930.